The second-order valence-corrected chi connectivity index (χ2v) is 5.90. The molecule has 25 heavy (non-hydrogen) atoms. The van der Waals surface area contributed by atoms with Crippen LogP contribution in [0.2, 0.25) is 0 Å². The second kappa shape index (κ2) is 11.3. The van der Waals surface area contributed by atoms with Gasteiger partial charge in [-0.15, -0.1) is 0 Å². The van der Waals surface area contributed by atoms with Crippen molar-refractivity contribution in [1.29, 1.82) is 0 Å². The van der Waals surface area contributed by atoms with Gasteiger partial charge in [-0.3, -0.25) is 0 Å². The summed E-state index contributed by atoms with van der Waals surface area (Å²) in [6.07, 6.45) is 4.42. The summed E-state index contributed by atoms with van der Waals surface area (Å²) in [5.74, 6) is 0.701. The van der Waals surface area contributed by atoms with E-state index in [0.29, 0.717) is 22.9 Å². The van der Waals surface area contributed by atoms with Crippen LogP contribution in [0.25, 0.3) is 0 Å². The van der Waals surface area contributed by atoms with Gasteiger partial charge in [-0.1, -0.05) is 32.6 Å². The van der Waals surface area contributed by atoms with E-state index in [9.17, 15) is 9.59 Å². The van der Waals surface area contributed by atoms with Crippen molar-refractivity contribution in [2.45, 2.75) is 52.0 Å². The van der Waals surface area contributed by atoms with Gasteiger partial charge < -0.3 is 20.3 Å². The minimum atomic E-state index is -1.41. The van der Waals surface area contributed by atoms with Crippen LogP contribution < -0.4 is 10.1 Å². The summed E-state index contributed by atoms with van der Waals surface area (Å²) in [6.45, 7) is 3.84. The minimum Gasteiger partial charge on any atom is -0.494 e. The Hall–Kier alpha value is -2.28. The Bertz CT molecular complexity index is 533. The lowest BCUT2D eigenvalue weighted by Crippen LogP contribution is -2.46. The maximum atomic E-state index is 12.0. The number of aliphatic hydroxyl groups excluding tert-OH is 1. The predicted octanol–water partition coefficient (Wildman–Crippen LogP) is 3.93. The first kappa shape index (κ1) is 20.8. The zero-order valence-corrected chi connectivity index (χ0v) is 14.9. The average molecular weight is 352 g/mol. The number of anilines is 1. The number of imide groups is 1. The molecule has 0 spiro atoms. The van der Waals surface area contributed by atoms with Gasteiger partial charge in [-0.05, 0) is 37.6 Å². The van der Waals surface area contributed by atoms with Crippen molar-refractivity contribution in [1.82, 2.24) is 4.90 Å². The maximum Gasteiger partial charge on any atom is 0.415 e. The molecule has 0 aliphatic rings. The lowest BCUT2D eigenvalue weighted by Gasteiger charge is -2.23. The lowest BCUT2D eigenvalue weighted by molar-refractivity contribution is 0.120. The van der Waals surface area contributed by atoms with Gasteiger partial charge in [0.25, 0.3) is 0 Å². The van der Waals surface area contributed by atoms with Crippen LogP contribution in [0.3, 0.4) is 0 Å². The average Bonchev–Trinajstić information content (AvgIpc) is 2.59. The van der Waals surface area contributed by atoms with Crippen molar-refractivity contribution < 1.29 is 24.5 Å². The summed E-state index contributed by atoms with van der Waals surface area (Å²) in [7, 11) is 0. The molecule has 0 heterocycles. The van der Waals surface area contributed by atoms with E-state index < -0.39 is 24.8 Å². The summed E-state index contributed by atoms with van der Waals surface area (Å²) in [6, 6.07) is 5.11. The summed E-state index contributed by atoms with van der Waals surface area (Å²) in [4.78, 5) is 23.7. The third-order valence-corrected chi connectivity index (χ3v) is 3.75. The van der Waals surface area contributed by atoms with E-state index in [1.807, 2.05) is 0 Å². The minimum absolute atomic E-state index is 0.440. The molecule has 7 heteroatoms. The number of unbranched alkanes of at least 4 members (excludes halogenated alkanes) is 4. The third-order valence-electron chi connectivity index (χ3n) is 3.75. The van der Waals surface area contributed by atoms with E-state index >= 15 is 0 Å². The molecule has 7 nitrogen and oxygen atoms in total. The number of benzene rings is 1. The molecule has 1 atom stereocenters. The monoisotopic (exact) mass is 352 g/mol. The van der Waals surface area contributed by atoms with Crippen molar-refractivity contribution in [2.75, 3.05) is 18.5 Å². The van der Waals surface area contributed by atoms with Gasteiger partial charge in [-0.2, -0.15) is 0 Å². The summed E-state index contributed by atoms with van der Waals surface area (Å²) < 4.78 is 5.64. The smallest absolute Gasteiger partial charge is 0.415 e. The quantitative estimate of drug-likeness (QED) is 0.554. The number of carboxylic acid groups (broad SMARTS) is 1. The van der Waals surface area contributed by atoms with Gasteiger partial charge >= 0.3 is 12.1 Å². The Morgan fingerprint density at radius 3 is 2.36 bits per heavy atom. The van der Waals surface area contributed by atoms with Crippen LogP contribution >= 0.6 is 0 Å². The number of nitrogens with zero attached hydrogens (tertiary/aromatic N) is 1. The third kappa shape index (κ3) is 7.43. The highest BCUT2D eigenvalue weighted by atomic mass is 16.5. The number of carbonyl (C=O) groups is 2. The fourth-order valence-electron chi connectivity index (χ4n) is 2.27. The first-order chi connectivity index (χ1) is 12.0. The number of aliphatic hydroxyl groups is 1. The Balaban J connectivity index is 2.47. The maximum absolute atomic E-state index is 12.0. The van der Waals surface area contributed by atoms with Crippen LogP contribution in [-0.4, -0.2) is 46.5 Å². The van der Waals surface area contributed by atoms with Crippen LogP contribution in [0, 0.1) is 0 Å². The van der Waals surface area contributed by atoms with Crippen LogP contribution in [0.4, 0.5) is 15.3 Å². The largest absolute Gasteiger partial charge is 0.494 e. The van der Waals surface area contributed by atoms with Gasteiger partial charge in [0.2, 0.25) is 0 Å². The standard InChI is InChI=1S/C18H28N2O5/c1-3-4-5-6-7-12-25-16-10-8-15(9-11-16)19-17(22)20(18(23)24)14(2)13-21/h8-11,14,21H,3-7,12-13H2,1-2H3,(H,19,22)(H,23,24). The highest BCUT2D eigenvalue weighted by Gasteiger charge is 2.26. The molecular weight excluding hydrogens is 324 g/mol. The summed E-state index contributed by atoms with van der Waals surface area (Å²) >= 11 is 0. The van der Waals surface area contributed by atoms with E-state index in [-0.39, 0.29) is 0 Å². The molecule has 140 valence electrons. The van der Waals surface area contributed by atoms with Gasteiger partial charge in [0.1, 0.15) is 5.75 Å². The van der Waals surface area contributed by atoms with Crippen molar-refractivity contribution in [3.8, 4) is 5.75 Å². The van der Waals surface area contributed by atoms with E-state index in [1.165, 1.54) is 26.2 Å². The number of ether oxygens (including phenoxy) is 1. The topological polar surface area (TPSA) is 99.1 Å². The highest BCUT2D eigenvalue weighted by molar-refractivity contribution is 5.98. The molecule has 0 aliphatic carbocycles. The van der Waals surface area contributed by atoms with Gasteiger partial charge in [0.05, 0.1) is 19.3 Å². The van der Waals surface area contributed by atoms with Crippen LogP contribution in [0.5, 0.6) is 5.75 Å². The first-order valence-electron chi connectivity index (χ1n) is 8.66. The zero-order chi connectivity index (χ0) is 18.7. The molecule has 1 unspecified atom stereocenters. The van der Waals surface area contributed by atoms with E-state index in [0.717, 1.165) is 12.8 Å². The van der Waals surface area contributed by atoms with Crippen LogP contribution in [0.15, 0.2) is 24.3 Å². The lowest BCUT2D eigenvalue weighted by atomic mass is 10.2. The number of carbonyl (C=O) groups excluding carboxylic acids is 1. The van der Waals surface area contributed by atoms with Crippen molar-refractivity contribution in [2.24, 2.45) is 0 Å². The molecule has 3 amide bonds. The SMILES string of the molecule is CCCCCCCOc1ccc(NC(=O)N(C(=O)O)C(C)CO)cc1. The first-order valence-corrected chi connectivity index (χ1v) is 8.66. The molecule has 0 aliphatic heterocycles. The molecule has 0 fully saturated rings. The fourth-order valence-corrected chi connectivity index (χ4v) is 2.27. The number of hydrogen-bond acceptors (Lipinski definition) is 4. The number of nitrogens with one attached hydrogen (secondary N) is 1. The highest BCUT2D eigenvalue weighted by Crippen LogP contribution is 2.17. The van der Waals surface area contributed by atoms with Gasteiger partial charge in [0, 0.05) is 5.69 Å². The summed E-state index contributed by atoms with van der Waals surface area (Å²) in [5, 5.41) is 20.6. The molecule has 1 aromatic rings. The molecule has 0 aromatic heterocycles. The molecule has 1 rings (SSSR count). The van der Waals surface area contributed by atoms with Gasteiger partial charge in [-0.25, -0.2) is 14.5 Å². The molecule has 0 radical (unpaired) electrons. The van der Waals surface area contributed by atoms with Crippen LogP contribution in [-0.2, 0) is 0 Å². The molecule has 0 saturated carbocycles. The van der Waals surface area contributed by atoms with Gasteiger partial charge in [0.15, 0.2) is 0 Å². The molecular formula is C18H28N2O5. The number of rotatable bonds is 10. The van der Waals surface area contributed by atoms with Crippen molar-refractivity contribution in [3.05, 3.63) is 24.3 Å². The number of urea groups is 1. The molecule has 1 aromatic carbocycles. The second-order valence-electron chi connectivity index (χ2n) is 5.90. The Morgan fingerprint density at radius 1 is 1.16 bits per heavy atom. The van der Waals surface area contributed by atoms with Crippen molar-refractivity contribution in [3.63, 3.8) is 0 Å². The fraction of sp³-hybridized carbons (Fsp3) is 0.556. The van der Waals surface area contributed by atoms with E-state index in [2.05, 4.69) is 12.2 Å². The summed E-state index contributed by atoms with van der Waals surface area (Å²) in [5.41, 5.74) is 0.455. The van der Waals surface area contributed by atoms with E-state index in [1.54, 1.807) is 24.3 Å². The number of hydrogen-bond donors (Lipinski definition) is 3. The zero-order valence-electron chi connectivity index (χ0n) is 14.9. The Kier molecular flexibility index (Phi) is 9.39. The normalized spacial score (nSPS) is 11.6. The Labute approximate surface area is 148 Å². The van der Waals surface area contributed by atoms with Crippen molar-refractivity contribution >= 4 is 17.8 Å². The Morgan fingerprint density at radius 2 is 1.80 bits per heavy atom. The van der Waals surface area contributed by atoms with E-state index in [4.69, 9.17) is 14.9 Å². The van der Waals surface area contributed by atoms with Crippen LogP contribution in [0.1, 0.15) is 46.0 Å². The number of amides is 3. The molecule has 0 saturated heterocycles. The predicted molar refractivity (Wildman–Crippen MR) is 96.1 cm³/mol. The molecule has 3 N–H and O–H groups in total. The molecule has 0 bridgehead atoms.